The van der Waals surface area contributed by atoms with Gasteiger partial charge in [0.25, 0.3) is 0 Å². The SMILES string of the molecule is CC1(C(F)(F)F)c2ccccc2Oc2ccccc21. The van der Waals surface area contributed by atoms with Crippen LogP contribution < -0.4 is 4.74 Å². The van der Waals surface area contributed by atoms with Gasteiger partial charge >= 0.3 is 6.18 Å². The van der Waals surface area contributed by atoms with Crippen LogP contribution in [0.5, 0.6) is 11.5 Å². The third-order valence-electron chi connectivity index (χ3n) is 3.64. The smallest absolute Gasteiger partial charge is 0.402 e. The van der Waals surface area contributed by atoms with E-state index >= 15 is 0 Å². The summed E-state index contributed by atoms with van der Waals surface area (Å²) in [4.78, 5) is 0. The maximum Gasteiger partial charge on any atom is 0.402 e. The molecule has 19 heavy (non-hydrogen) atoms. The number of rotatable bonds is 0. The number of halogens is 3. The van der Waals surface area contributed by atoms with E-state index in [0.29, 0.717) is 0 Å². The van der Waals surface area contributed by atoms with Crippen molar-refractivity contribution in [3.8, 4) is 11.5 Å². The van der Waals surface area contributed by atoms with Crippen LogP contribution in [0.4, 0.5) is 13.2 Å². The molecule has 2 aromatic carbocycles. The van der Waals surface area contributed by atoms with Gasteiger partial charge in [-0.05, 0) is 19.1 Å². The highest BCUT2D eigenvalue weighted by Gasteiger charge is 2.57. The van der Waals surface area contributed by atoms with Gasteiger partial charge in [-0.3, -0.25) is 0 Å². The van der Waals surface area contributed by atoms with Crippen molar-refractivity contribution in [2.45, 2.75) is 18.5 Å². The van der Waals surface area contributed by atoms with Gasteiger partial charge in [0.15, 0.2) is 0 Å². The molecule has 0 atom stereocenters. The lowest BCUT2D eigenvalue weighted by Crippen LogP contribution is -2.42. The largest absolute Gasteiger partial charge is 0.457 e. The molecule has 0 saturated carbocycles. The van der Waals surface area contributed by atoms with E-state index in [1.165, 1.54) is 19.1 Å². The van der Waals surface area contributed by atoms with E-state index in [9.17, 15) is 13.2 Å². The van der Waals surface area contributed by atoms with Crippen LogP contribution in [0.2, 0.25) is 0 Å². The van der Waals surface area contributed by atoms with Gasteiger partial charge in [0, 0.05) is 11.1 Å². The molecule has 2 aromatic rings. The highest BCUT2D eigenvalue weighted by Crippen LogP contribution is 2.55. The molecule has 1 heterocycles. The predicted molar refractivity (Wildman–Crippen MR) is 65.5 cm³/mol. The van der Waals surface area contributed by atoms with Crippen molar-refractivity contribution < 1.29 is 17.9 Å². The summed E-state index contributed by atoms with van der Waals surface area (Å²) < 4.78 is 46.5. The Morgan fingerprint density at radius 1 is 0.842 bits per heavy atom. The summed E-state index contributed by atoms with van der Waals surface area (Å²) in [5.41, 5.74) is -1.74. The Balaban J connectivity index is 2.35. The van der Waals surface area contributed by atoms with Crippen LogP contribution in [0.3, 0.4) is 0 Å². The van der Waals surface area contributed by atoms with Gasteiger partial charge in [0.05, 0.1) is 0 Å². The van der Waals surface area contributed by atoms with E-state index in [4.69, 9.17) is 4.74 Å². The van der Waals surface area contributed by atoms with Crippen LogP contribution in [0.1, 0.15) is 18.1 Å². The molecule has 1 nitrogen and oxygen atoms in total. The molecule has 0 N–H and O–H groups in total. The Morgan fingerprint density at radius 2 is 1.26 bits per heavy atom. The average Bonchev–Trinajstić information content (AvgIpc) is 2.38. The number of hydrogen-bond donors (Lipinski definition) is 0. The van der Waals surface area contributed by atoms with Crippen molar-refractivity contribution in [3.63, 3.8) is 0 Å². The van der Waals surface area contributed by atoms with E-state index in [-0.39, 0.29) is 22.6 Å². The van der Waals surface area contributed by atoms with Crippen LogP contribution in [0, 0.1) is 0 Å². The van der Waals surface area contributed by atoms with Crippen LogP contribution in [0.25, 0.3) is 0 Å². The number of fused-ring (bicyclic) bond motifs is 2. The predicted octanol–water partition coefficient (Wildman–Crippen LogP) is 4.66. The van der Waals surface area contributed by atoms with Gasteiger partial charge in [0.2, 0.25) is 0 Å². The van der Waals surface area contributed by atoms with Crippen molar-refractivity contribution in [2.75, 3.05) is 0 Å². The molecule has 0 radical (unpaired) electrons. The molecular formula is C15H11F3O. The maximum atomic E-state index is 13.6. The number of benzene rings is 2. The van der Waals surface area contributed by atoms with Crippen LogP contribution in [0.15, 0.2) is 48.5 Å². The Labute approximate surface area is 108 Å². The molecule has 3 rings (SSSR count). The topological polar surface area (TPSA) is 9.23 Å². The minimum absolute atomic E-state index is 0.154. The van der Waals surface area contributed by atoms with Gasteiger partial charge in [-0.1, -0.05) is 36.4 Å². The molecule has 0 unspecified atom stereocenters. The van der Waals surface area contributed by atoms with E-state index in [1.807, 2.05) is 0 Å². The second kappa shape index (κ2) is 3.76. The molecule has 0 fully saturated rings. The van der Waals surface area contributed by atoms with Crippen molar-refractivity contribution in [3.05, 3.63) is 59.7 Å². The monoisotopic (exact) mass is 264 g/mol. The zero-order valence-electron chi connectivity index (χ0n) is 10.2. The lowest BCUT2D eigenvalue weighted by molar-refractivity contribution is -0.174. The maximum absolute atomic E-state index is 13.6. The lowest BCUT2D eigenvalue weighted by atomic mass is 9.73. The van der Waals surface area contributed by atoms with Gasteiger partial charge < -0.3 is 4.74 Å². The molecule has 0 aromatic heterocycles. The van der Waals surface area contributed by atoms with Gasteiger partial charge in [-0.15, -0.1) is 0 Å². The molecule has 0 amide bonds. The second-order valence-corrected chi connectivity index (χ2v) is 4.72. The molecule has 0 saturated heterocycles. The normalized spacial score (nSPS) is 16.2. The Kier molecular flexibility index (Phi) is 2.39. The third kappa shape index (κ3) is 1.56. The zero-order chi connectivity index (χ0) is 13.7. The molecule has 0 spiro atoms. The Morgan fingerprint density at radius 3 is 1.68 bits per heavy atom. The van der Waals surface area contributed by atoms with Crippen molar-refractivity contribution in [1.29, 1.82) is 0 Å². The number of hydrogen-bond acceptors (Lipinski definition) is 1. The molecule has 1 aliphatic heterocycles. The van der Waals surface area contributed by atoms with Crippen molar-refractivity contribution >= 4 is 0 Å². The third-order valence-corrected chi connectivity index (χ3v) is 3.64. The summed E-state index contributed by atoms with van der Waals surface area (Å²) in [7, 11) is 0. The highest BCUT2D eigenvalue weighted by molar-refractivity contribution is 5.58. The fourth-order valence-corrected chi connectivity index (χ4v) is 2.51. The van der Waals surface area contributed by atoms with E-state index in [1.54, 1.807) is 36.4 Å². The average molecular weight is 264 g/mol. The minimum atomic E-state index is -4.39. The summed E-state index contributed by atoms with van der Waals surface area (Å²) >= 11 is 0. The molecule has 0 aliphatic carbocycles. The molecule has 4 heteroatoms. The van der Waals surface area contributed by atoms with E-state index in [2.05, 4.69) is 0 Å². The van der Waals surface area contributed by atoms with E-state index < -0.39 is 11.6 Å². The summed E-state index contributed by atoms with van der Waals surface area (Å²) in [6, 6.07) is 12.6. The second-order valence-electron chi connectivity index (χ2n) is 4.72. The van der Waals surface area contributed by atoms with Crippen LogP contribution in [-0.4, -0.2) is 6.18 Å². The van der Waals surface area contributed by atoms with Crippen molar-refractivity contribution in [2.24, 2.45) is 0 Å². The first-order valence-corrected chi connectivity index (χ1v) is 5.88. The summed E-state index contributed by atoms with van der Waals surface area (Å²) in [5.74, 6) is 0.530. The number of para-hydroxylation sites is 2. The minimum Gasteiger partial charge on any atom is -0.457 e. The molecule has 98 valence electrons. The number of ether oxygens (including phenoxy) is 1. The van der Waals surface area contributed by atoms with Crippen LogP contribution >= 0.6 is 0 Å². The fraction of sp³-hybridized carbons (Fsp3) is 0.200. The summed E-state index contributed by atoms with van der Waals surface area (Å²) in [6.45, 7) is 1.20. The number of alkyl halides is 3. The van der Waals surface area contributed by atoms with Gasteiger partial charge in [-0.25, -0.2) is 0 Å². The Hall–Kier alpha value is -1.97. The first kappa shape index (κ1) is 12.1. The van der Waals surface area contributed by atoms with Crippen molar-refractivity contribution in [1.82, 2.24) is 0 Å². The first-order valence-electron chi connectivity index (χ1n) is 5.88. The molecular weight excluding hydrogens is 253 g/mol. The summed E-state index contributed by atoms with van der Waals surface area (Å²) in [6.07, 6.45) is -4.39. The quantitative estimate of drug-likeness (QED) is 0.672. The summed E-state index contributed by atoms with van der Waals surface area (Å²) in [5, 5.41) is 0. The van der Waals surface area contributed by atoms with Gasteiger partial charge in [-0.2, -0.15) is 13.2 Å². The fourth-order valence-electron chi connectivity index (χ4n) is 2.51. The van der Waals surface area contributed by atoms with Crippen LogP contribution in [-0.2, 0) is 5.41 Å². The van der Waals surface area contributed by atoms with E-state index in [0.717, 1.165) is 0 Å². The lowest BCUT2D eigenvalue weighted by Gasteiger charge is -2.38. The first-order chi connectivity index (χ1) is 8.94. The molecule has 1 aliphatic rings. The standard InChI is InChI=1S/C15H11F3O/c1-14(15(16,17)18)10-6-2-4-8-12(10)19-13-9-5-3-7-11(13)14/h2-9H,1H3. The van der Waals surface area contributed by atoms with Gasteiger partial charge in [0.1, 0.15) is 16.9 Å². The Bertz CT molecular complexity index is 586. The highest BCUT2D eigenvalue weighted by atomic mass is 19.4. The molecule has 0 bridgehead atoms. The zero-order valence-corrected chi connectivity index (χ0v) is 10.2.